The Morgan fingerprint density at radius 3 is 2.90 bits per heavy atom. The van der Waals surface area contributed by atoms with Crippen molar-refractivity contribution in [1.82, 2.24) is 10.3 Å². The van der Waals surface area contributed by atoms with Crippen LogP contribution in [0.3, 0.4) is 0 Å². The Balaban J connectivity index is 1.64. The summed E-state index contributed by atoms with van der Waals surface area (Å²) in [6.07, 6.45) is 6.36. The van der Waals surface area contributed by atoms with E-state index in [0.717, 1.165) is 16.8 Å². The number of fused-ring (bicyclic) bond motifs is 1. The van der Waals surface area contributed by atoms with Gasteiger partial charge in [-0.15, -0.1) is 0 Å². The molecule has 0 bridgehead atoms. The summed E-state index contributed by atoms with van der Waals surface area (Å²) in [6, 6.07) is 6.35. The molecule has 3 rings (SSSR count). The van der Waals surface area contributed by atoms with Crippen LogP contribution in [0.4, 0.5) is 5.69 Å². The topological polar surface area (TPSA) is 50.1 Å². The maximum absolute atomic E-state index is 5.46. The Bertz CT molecular complexity index is 617. The van der Waals surface area contributed by atoms with Crippen molar-refractivity contribution >= 4 is 34.1 Å². The molecule has 1 aliphatic carbocycles. The molecule has 1 aromatic heterocycles. The fraction of sp³-hybridized carbons (Fsp3) is 0.467. The quantitative estimate of drug-likeness (QED) is 0.825. The van der Waals surface area contributed by atoms with Gasteiger partial charge in [0.15, 0.2) is 16.6 Å². The SMILES string of the molecule is Cc1nc2cc(NC(=S)NC3CCCCC3)ccc2o1. The first-order valence-electron chi connectivity index (χ1n) is 7.15. The second-order valence-electron chi connectivity index (χ2n) is 5.35. The van der Waals surface area contributed by atoms with E-state index in [2.05, 4.69) is 15.6 Å². The molecule has 5 heteroatoms. The van der Waals surface area contributed by atoms with E-state index < -0.39 is 0 Å². The number of benzene rings is 1. The molecule has 1 aliphatic rings. The van der Waals surface area contributed by atoms with Gasteiger partial charge in [-0.3, -0.25) is 0 Å². The molecule has 106 valence electrons. The third-order valence-electron chi connectivity index (χ3n) is 3.69. The second-order valence-corrected chi connectivity index (χ2v) is 5.76. The average Bonchev–Trinajstić information content (AvgIpc) is 2.79. The first kappa shape index (κ1) is 13.4. The van der Waals surface area contributed by atoms with Crippen molar-refractivity contribution in [2.75, 3.05) is 5.32 Å². The molecule has 0 radical (unpaired) electrons. The minimum atomic E-state index is 0.516. The van der Waals surface area contributed by atoms with Gasteiger partial charge >= 0.3 is 0 Å². The number of anilines is 1. The van der Waals surface area contributed by atoms with Crippen molar-refractivity contribution in [2.45, 2.75) is 45.1 Å². The van der Waals surface area contributed by atoms with E-state index in [9.17, 15) is 0 Å². The van der Waals surface area contributed by atoms with Crippen molar-refractivity contribution in [3.63, 3.8) is 0 Å². The summed E-state index contributed by atoms with van der Waals surface area (Å²) >= 11 is 5.38. The number of aryl methyl sites for hydroxylation is 1. The molecule has 0 saturated heterocycles. The number of aromatic nitrogens is 1. The van der Waals surface area contributed by atoms with E-state index in [1.54, 1.807) is 0 Å². The summed E-state index contributed by atoms with van der Waals surface area (Å²) in [5.74, 6) is 0.681. The first-order chi connectivity index (χ1) is 9.70. The van der Waals surface area contributed by atoms with Crippen molar-refractivity contribution in [3.8, 4) is 0 Å². The molecule has 1 saturated carbocycles. The zero-order valence-corrected chi connectivity index (χ0v) is 12.4. The normalized spacial score (nSPS) is 16.2. The van der Waals surface area contributed by atoms with Crippen LogP contribution in [0, 0.1) is 6.92 Å². The third-order valence-corrected chi connectivity index (χ3v) is 3.91. The molecular weight excluding hydrogens is 270 g/mol. The number of hydrogen-bond acceptors (Lipinski definition) is 3. The molecular formula is C15H19N3OS. The molecule has 20 heavy (non-hydrogen) atoms. The molecule has 2 N–H and O–H groups in total. The van der Waals surface area contributed by atoms with Gasteiger partial charge in [0.2, 0.25) is 0 Å². The zero-order valence-electron chi connectivity index (χ0n) is 11.6. The van der Waals surface area contributed by atoms with Gasteiger partial charge in [-0.2, -0.15) is 0 Å². The highest BCUT2D eigenvalue weighted by Crippen LogP contribution is 2.20. The summed E-state index contributed by atoms with van der Waals surface area (Å²) in [5, 5.41) is 7.32. The van der Waals surface area contributed by atoms with Crippen LogP contribution in [0.25, 0.3) is 11.1 Å². The van der Waals surface area contributed by atoms with E-state index in [1.807, 2.05) is 25.1 Å². The van der Waals surface area contributed by atoms with Crippen LogP contribution < -0.4 is 10.6 Å². The minimum Gasteiger partial charge on any atom is -0.441 e. The van der Waals surface area contributed by atoms with Crippen molar-refractivity contribution in [1.29, 1.82) is 0 Å². The number of nitrogens with zero attached hydrogens (tertiary/aromatic N) is 1. The Kier molecular flexibility index (Phi) is 3.87. The van der Waals surface area contributed by atoms with Crippen LogP contribution in [0.5, 0.6) is 0 Å². The highest BCUT2D eigenvalue weighted by Gasteiger charge is 2.14. The lowest BCUT2D eigenvalue weighted by Gasteiger charge is -2.24. The van der Waals surface area contributed by atoms with Gasteiger partial charge in [-0.05, 0) is 43.3 Å². The van der Waals surface area contributed by atoms with E-state index in [0.29, 0.717) is 17.0 Å². The van der Waals surface area contributed by atoms with Gasteiger partial charge in [0.05, 0.1) is 0 Å². The van der Waals surface area contributed by atoms with E-state index >= 15 is 0 Å². The molecule has 0 unspecified atom stereocenters. The lowest BCUT2D eigenvalue weighted by molar-refractivity contribution is 0.415. The monoisotopic (exact) mass is 289 g/mol. The van der Waals surface area contributed by atoms with E-state index in [1.165, 1.54) is 32.1 Å². The van der Waals surface area contributed by atoms with Crippen LogP contribution >= 0.6 is 12.2 Å². The largest absolute Gasteiger partial charge is 0.441 e. The highest BCUT2D eigenvalue weighted by molar-refractivity contribution is 7.80. The molecule has 0 atom stereocenters. The number of oxazole rings is 1. The minimum absolute atomic E-state index is 0.516. The Morgan fingerprint density at radius 2 is 2.10 bits per heavy atom. The van der Waals surface area contributed by atoms with Gasteiger partial charge in [0, 0.05) is 18.7 Å². The fourth-order valence-corrected chi connectivity index (χ4v) is 3.00. The summed E-state index contributed by atoms with van der Waals surface area (Å²) in [6.45, 7) is 1.85. The lowest BCUT2D eigenvalue weighted by Crippen LogP contribution is -2.38. The summed E-state index contributed by atoms with van der Waals surface area (Å²) < 4.78 is 5.46. The Labute approximate surface area is 123 Å². The molecule has 2 aromatic rings. The smallest absolute Gasteiger partial charge is 0.192 e. The molecule has 1 fully saturated rings. The van der Waals surface area contributed by atoms with Crippen LogP contribution in [0.2, 0.25) is 0 Å². The van der Waals surface area contributed by atoms with Gasteiger partial charge in [-0.1, -0.05) is 19.3 Å². The Hall–Kier alpha value is -1.62. The van der Waals surface area contributed by atoms with Crippen LogP contribution in [-0.2, 0) is 0 Å². The van der Waals surface area contributed by atoms with Crippen LogP contribution in [0.15, 0.2) is 22.6 Å². The van der Waals surface area contributed by atoms with Crippen molar-refractivity contribution in [3.05, 3.63) is 24.1 Å². The van der Waals surface area contributed by atoms with Crippen LogP contribution in [-0.4, -0.2) is 16.1 Å². The zero-order chi connectivity index (χ0) is 13.9. The van der Waals surface area contributed by atoms with Gasteiger partial charge in [-0.25, -0.2) is 4.98 Å². The second kappa shape index (κ2) is 5.79. The number of nitrogens with one attached hydrogen (secondary N) is 2. The van der Waals surface area contributed by atoms with E-state index in [4.69, 9.17) is 16.6 Å². The van der Waals surface area contributed by atoms with Crippen molar-refractivity contribution < 1.29 is 4.42 Å². The average molecular weight is 289 g/mol. The molecule has 4 nitrogen and oxygen atoms in total. The fourth-order valence-electron chi connectivity index (χ4n) is 2.72. The van der Waals surface area contributed by atoms with Crippen LogP contribution in [0.1, 0.15) is 38.0 Å². The first-order valence-corrected chi connectivity index (χ1v) is 7.56. The van der Waals surface area contributed by atoms with Gasteiger partial charge in [0.1, 0.15) is 5.52 Å². The molecule has 1 heterocycles. The summed E-state index contributed by atoms with van der Waals surface area (Å²) in [4.78, 5) is 4.33. The van der Waals surface area contributed by atoms with Gasteiger partial charge in [0.25, 0.3) is 0 Å². The third kappa shape index (κ3) is 3.10. The predicted molar refractivity (Wildman–Crippen MR) is 85.0 cm³/mol. The lowest BCUT2D eigenvalue weighted by atomic mass is 9.96. The van der Waals surface area contributed by atoms with Gasteiger partial charge < -0.3 is 15.1 Å². The van der Waals surface area contributed by atoms with Crippen molar-refractivity contribution in [2.24, 2.45) is 0 Å². The standard InChI is InChI=1S/C15H19N3OS/c1-10-16-13-9-12(7-8-14(13)19-10)18-15(20)17-11-5-3-2-4-6-11/h7-9,11H,2-6H2,1H3,(H2,17,18,20). The maximum atomic E-state index is 5.46. The van der Waals surface area contributed by atoms with E-state index in [-0.39, 0.29) is 0 Å². The number of hydrogen-bond donors (Lipinski definition) is 2. The number of rotatable bonds is 2. The highest BCUT2D eigenvalue weighted by atomic mass is 32.1. The molecule has 0 amide bonds. The summed E-state index contributed by atoms with van der Waals surface area (Å²) in [5.41, 5.74) is 2.60. The number of thiocarbonyl (C=S) groups is 1. The summed E-state index contributed by atoms with van der Waals surface area (Å²) in [7, 11) is 0. The predicted octanol–water partition coefficient (Wildman–Crippen LogP) is 3.76. The molecule has 0 aliphatic heterocycles. The Morgan fingerprint density at radius 1 is 1.30 bits per heavy atom. The molecule has 1 aromatic carbocycles. The maximum Gasteiger partial charge on any atom is 0.192 e. The molecule has 0 spiro atoms.